The highest BCUT2D eigenvalue weighted by molar-refractivity contribution is 5.83. The molecule has 0 bridgehead atoms. The number of nitrogens with one attached hydrogen (secondary N) is 1. The molecule has 0 saturated carbocycles. The highest BCUT2D eigenvalue weighted by Crippen LogP contribution is 2.37. The van der Waals surface area contributed by atoms with Gasteiger partial charge in [-0.1, -0.05) is 44.2 Å². The minimum Gasteiger partial charge on any atom is -0.385 e. The molecule has 3 aromatic rings. The summed E-state index contributed by atoms with van der Waals surface area (Å²) in [6.45, 7) is 6.92. The summed E-state index contributed by atoms with van der Waals surface area (Å²) in [4.78, 5) is 11.0. The van der Waals surface area contributed by atoms with Crippen LogP contribution in [-0.4, -0.2) is 56.2 Å². The Hall–Kier alpha value is -3.68. The van der Waals surface area contributed by atoms with Gasteiger partial charge in [-0.05, 0) is 11.6 Å². The summed E-state index contributed by atoms with van der Waals surface area (Å²) in [6.07, 6.45) is 7.36. The van der Waals surface area contributed by atoms with E-state index in [2.05, 4.69) is 36.8 Å². The van der Waals surface area contributed by atoms with Crippen molar-refractivity contribution in [1.82, 2.24) is 25.0 Å². The van der Waals surface area contributed by atoms with Gasteiger partial charge in [0.05, 0.1) is 13.1 Å². The number of aromatic nitrogens is 5. The molecule has 0 unspecified atom stereocenters. The van der Waals surface area contributed by atoms with Crippen LogP contribution in [0.4, 0.5) is 20.3 Å². The van der Waals surface area contributed by atoms with E-state index >= 15 is 0 Å². The summed E-state index contributed by atoms with van der Waals surface area (Å²) in [6, 6.07) is 7.96. The van der Waals surface area contributed by atoms with Gasteiger partial charge in [0.1, 0.15) is 5.82 Å². The van der Waals surface area contributed by atoms with Crippen LogP contribution < -0.4 is 10.2 Å². The molecular weight excluding hydrogens is 476 g/mol. The predicted octanol–water partition coefficient (Wildman–Crippen LogP) is 4.79. The zero-order valence-electron chi connectivity index (χ0n) is 21.4. The Kier molecular flexibility index (Phi) is 6.30. The summed E-state index contributed by atoms with van der Waals surface area (Å²) in [7, 11) is 0. The van der Waals surface area contributed by atoms with Gasteiger partial charge in [-0.15, -0.1) is 17.4 Å². The van der Waals surface area contributed by atoms with Gasteiger partial charge < -0.3 is 10.2 Å². The maximum absolute atomic E-state index is 14.0. The number of anilines is 2. The number of terminal acetylenes is 1. The Morgan fingerprint density at radius 1 is 1.14 bits per heavy atom. The van der Waals surface area contributed by atoms with Crippen molar-refractivity contribution in [2.45, 2.75) is 70.0 Å². The van der Waals surface area contributed by atoms with Gasteiger partial charge in [-0.25, -0.2) is 23.4 Å². The minimum absolute atomic E-state index is 0.207. The van der Waals surface area contributed by atoms with Crippen LogP contribution in [0.1, 0.15) is 57.8 Å². The lowest BCUT2D eigenvalue weighted by molar-refractivity contribution is 0.0257. The van der Waals surface area contributed by atoms with E-state index in [-0.39, 0.29) is 30.6 Å². The van der Waals surface area contributed by atoms with Crippen LogP contribution in [0.25, 0.3) is 11.2 Å². The number of para-hydroxylation sites is 1. The van der Waals surface area contributed by atoms with Crippen LogP contribution in [0.2, 0.25) is 0 Å². The van der Waals surface area contributed by atoms with Gasteiger partial charge in [-0.3, -0.25) is 0 Å². The lowest BCUT2D eigenvalue weighted by Crippen LogP contribution is -2.27. The second-order valence-corrected chi connectivity index (χ2v) is 10.8. The van der Waals surface area contributed by atoms with Gasteiger partial charge in [0.25, 0.3) is 5.92 Å². The molecular formula is C26H31F2N9. The normalized spacial score (nSPS) is 17.8. The number of rotatable bonds is 9. The van der Waals surface area contributed by atoms with Gasteiger partial charge in [0, 0.05) is 49.9 Å². The Balaban J connectivity index is 1.40. The molecule has 11 heteroatoms. The van der Waals surface area contributed by atoms with Crippen molar-refractivity contribution in [3.8, 4) is 12.3 Å². The quantitative estimate of drug-likeness (QED) is 0.419. The first-order valence-electron chi connectivity index (χ1n) is 12.5. The molecule has 1 aromatic carbocycles. The molecule has 4 heterocycles. The summed E-state index contributed by atoms with van der Waals surface area (Å²) in [5, 5.41) is 20.6. The number of nitrogens with zero attached hydrogens (tertiary/aromatic N) is 8. The van der Waals surface area contributed by atoms with Crippen LogP contribution in [0.5, 0.6) is 0 Å². The van der Waals surface area contributed by atoms with Crippen LogP contribution >= 0.6 is 0 Å². The van der Waals surface area contributed by atoms with Crippen molar-refractivity contribution in [3.63, 3.8) is 0 Å². The second kappa shape index (κ2) is 9.32. The van der Waals surface area contributed by atoms with Crippen molar-refractivity contribution in [1.29, 1.82) is 0 Å². The Morgan fingerprint density at radius 2 is 1.92 bits per heavy atom. The van der Waals surface area contributed by atoms with E-state index in [4.69, 9.17) is 11.4 Å². The molecule has 0 amide bonds. The maximum atomic E-state index is 14.0. The number of alkyl halides is 2. The first-order valence-corrected chi connectivity index (χ1v) is 12.5. The van der Waals surface area contributed by atoms with Crippen molar-refractivity contribution >= 4 is 22.7 Å². The largest absolute Gasteiger partial charge is 0.385 e. The number of benzene rings is 1. The van der Waals surface area contributed by atoms with Gasteiger partial charge in [0.15, 0.2) is 22.6 Å². The van der Waals surface area contributed by atoms with Crippen LogP contribution in [0, 0.1) is 12.3 Å². The van der Waals surface area contributed by atoms with Crippen molar-refractivity contribution < 1.29 is 8.78 Å². The zero-order chi connectivity index (χ0) is 26.3. The third-order valence-electron chi connectivity index (χ3n) is 6.72. The van der Waals surface area contributed by atoms with E-state index < -0.39 is 5.92 Å². The third-order valence-corrected chi connectivity index (χ3v) is 6.72. The van der Waals surface area contributed by atoms with Crippen molar-refractivity contribution in [2.24, 2.45) is 10.2 Å². The first-order chi connectivity index (χ1) is 17.6. The van der Waals surface area contributed by atoms with Gasteiger partial charge in [0.2, 0.25) is 0 Å². The monoisotopic (exact) mass is 507 g/mol. The topological polar surface area (TPSA) is 96.5 Å². The highest BCUT2D eigenvalue weighted by Gasteiger charge is 2.40. The van der Waals surface area contributed by atoms with E-state index in [1.54, 1.807) is 9.58 Å². The number of hydrogen-bond donors (Lipinski definition) is 1. The van der Waals surface area contributed by atoms with Crippen LogP contribution in [0.15, 0.2) is 34.5 Å². The number of hydrogen-bond acceptors (Lipinski definition) is 8. The summed E-state index contributed by atoms with van der Waals surface area (Å²) in [5.41, 5.74) is 2.20. The van der Waals surface area contributed by atoms with Crippen LogP contribution in [0.3, 0.4) is 0 Å². The van der Waals surface area contributed by atoms with Crippen LogP contribution in [-0.2, 0) is 12.0 Å². The van der Waals surface area contributed by atoms with E-state index in [1.807, 2.05) is 45.0 Å². The summed E-state index contributed by atoms with van der Waals surface area (Å²) in [5.74, 6) is 0.883. The zero-order valence-corrected chi connectivity index (χ0v) is 21.4. The standard InChI is InChI=1S/C26H31F2N9/c1-5-6-11-26(33-34-26)12-14-29-19-10-8-7-9-18(19)16-37-22-20(32-35-37)21(30-23(31-22)24(2,3)4)36-15-13-25(27,28)17-36/h1,7-10,29H,6,11-17H2,2-4H3. The molecule has 2 aliphatic heterocycles. The molecule has 1 saturated heterocycles. The third kappa shape index (κ3) is 5.38. The fourth-order valence-corrected chi connectivity index (χ4v) is 4.48. The smallest absolute Gasteiger partial charge is 0.266 e. The van der Waals surface area contributed by atoms with E-state index in [9.17, 15) is 8.78 Å². The van der Waals surface area contributed by atoms with E-state index in [0.29, 0.717) is 42.3 Å². The average Bonchev–Trinajstić information content (AvgIpc) is 3.35. The molecule has 1 fully saturated rings. The maximum Gasteiger partial charge on any atom is 0.266 e. The van der Waals surface area contributed by atoms with Gasteiger partial charge >= 0.3 is 0 Å². The molecule has 0 spiro atoms. The number of fused-ring (bicyclic) bond motifs is 1. The minimum atomic E-state index is -2.75. The second-order valence-electron chi connectivity index (χ2n) is 10.8. The lowest BCUT2D eigenvalue weighted by atomic mass is 9.96. The van der Waals surface area contributed by atoms with Gasteiger partial charge in [-0.2, -0.15) is 10.2 Å². The molecule has 37 heavy (non-hydrogen) atoms. The lowest BCUT2D eigenvalue weighted by Gasteiger charge is -2.22. The number of halogens is 2. The molecule has 5 rings (SSSR count). The first kappa shape index (κ1) is 25.0. The molecule has 0 radical (unpaired) electrons. The molecule has 9 nitrogen and oxygen atoms in total. The summed E-state index contributed by atoms with van der Waals surface area (Å²) >= 11 is 0. The Labute approximate surface area is 214 Å². The average molecular weight is 508 g/mol. The highest BCUT2D eigenvalue weighted by atomic mass is 19.3. The fourth-order valence-electron chi connectivity index (χ4n) is 4.48. The molecule has 2 aliphatic rings. The predicted molar refractivity (Wildman–Crippen MR) is 138 cm³/mol. The Bertz CT molecular complexity index is 1360. The fraction of sp³-hybridized carbons (Fsp3) is 0.538. The molecule has 2 aromatic heterocycles. The Morgan fingerprint density at radius 3 is 2.59 bits per heavy atom. The van der Waals surface area contributed by atoms with Crippen molar-refractivity contribution in [2.75, 3.05) is 29.9 Å². The molecule has 194 valence electrons. The van der Waals surface area contributed by atoms with Crippen molar-refractivity contribution in [3.05, 3.63) is 35.7 Å². The summed E-state index contributed by atoms with van der Waals surface area (Å²) < 4.78 is 29.8. The molecule has 1 N–H and O–H groups in total. The SMILES string of the molecule is C#CCCC1(CCNc2ccccc2Cn2nnc3c(N4CCC(F)(F)C4)nc(C(C)(C)C)nc32)N=N1. The van der Waals surface area contributed by atoms with E-state index in [1.165, 1.54) is 0 Å². The molecule has 0 aliphatic carbocycles. The molecule has 0 atom stereocenters. The van der Waals surface area contributed by atoms with E-state index in [0.717, 1.165) is 24.1 Å².